The summed E-state index contributed by atoms with van der Waals surface area (Å²) in [4.78, 5) is 2.20. The molecule has 0 amide bonds. The third-order valence-electron chi connectivity index (χ3n) is 4.58. The SMILES string of the molecule is CCCNS(=O)(=O)Nc1cccc(C2CN(C)Cc3c(Cl)cc(Cl)cc32)c1. The van der Waals surface area contributed by atoms with Gasteiger partial charge in [0.05, 0.1) is 5.69 Å². The topological polar surface area (TPSA) is 61.4 Å². The number of nitrogens with one attached hydrogen (secondary N) is 2. The van der Waals surface area contributed by atoms with E-state index >= 15 is 0 Å². The van der Waals surface area contributed by atoms with E-state index in [1.165, 1.54) is 0 Å². The summed E-state index contributed by atoms with van der Waals surface area (Å²) in [7, 11) is -1.54. The molecule has 8 heteroatoms. The largest absolute Gasteiger partial charge is 0.301 e. The van der Waals surface area contributed by atoms with Gasteiger partial charge in [-0.3, -0.25) is 4.72 Å². The first-order valence-electron chi connectivity index (χ1n) is 8.83. The van der Waals surface area contributed by atoms with Crippen molar-refractivity contribution in [2.45, 2.75) is 25.8 Å². The summed E-state index contributed by atoms with van der Waals surface area (Å²) in [6.07, 6.45) is 0.730. The molecule has 0 aliphatic carbocycles. The van der Waals surface area contributed by atoms with Crippen LogP contribution in [0.2, 0.25) is 10.0 Å². The maximum atomic E-state index is 12.1. The molecule has 0 saturated carbocycles. The first-order chi connectivity index (χ1) is 12.8. The molecule has 1 unspecified atom stereocenters. The van der Waals surface area contributed by atoms with Crippen LogP contribution >= 0.6 is 23.2 Å². The molecular weight excluding hydrogens is 405 g/mol. The molecule has 0 saturated heterocycles. The summed E-state index contributed by atoms with van der Waals surface area (Å²) >= 11 is 12.7. The van der Waals surface area contributed by atoms with E-state index in [2.05, 4.69) is 14.3 Å². The van der Waals surface area contributed by atoms with Crippen molar-refractivity contribution in [1.82, 2.24) is 9.62 Å². The van der Waals surface area contributed by atoms with Crippen LogP contribution in [-0.2, 0) is 16.8 Å². The van der Waals surface area contributed by atoms with E-state index in [9.17, 15) is 8.42 Å². The second kappa shape index (κ2) is 8.37. The van der Waals surface area contributed by atoms with Crippen LogP contribution in [0.4, 0.5) is 5.69 Å². The molecule has 1 atom stereocenters. The number of benzene rings is 2. The van der Waals surface area contributed by atoms with Crippen LogP contribution in [0.25, 0.3) is 0 Å². The quantitative estimate of drug-likeness (QED) is 0.724. The summed E-state index contributed by atoms with van der Waals surface area (Å²) in [5, 5.41) is 1.27. The zero-order chi connectivity index (χ0) is 19.6. The number of fused-ring (bicyclic) bond motifs is 1. The van der Waals surface area contributed by atoms with Crippen LogP contribution in [0.3, 0.4) is 0 Å². The van der Waals surface area contributed by atoms with Gasteiger partial charge in [-0.05, 0) is 54.4 Å². The minimum atomic E-state index is -3.58. The standard InChI is InChI=1S/C19H23Cl2N3O2S/c1-3-7-22-27(25,26)23-15-6-4-5-13(8-15)17-11-24(2)12-18-16(17)9-14(20)10-19(18)21/h4-6,8-10,17,22-23H,3,7,11-12H2,1-2H3. The van der Waals surface area contributed by atoms with Crippen LogP contribution in [0.1, 0.15) is 36.0 Å². The average Bonchev–Trinajstić information content (AvgIpc) is 2.60. The molecule has 27 heavy (non-hydrogen) atoms. The molecule has 2 aromatic rings. The van der Waals surface area contributed by atoms with Gasteiger partial charge in [0.25, 0.3) is 10.2 Å². The van der Waals surface area contributed by atoms with E-state index in [4.69, 9.17) is 23.2 Å². The van der Waals surface area contributed by atoms with Crippen LogP contribution in [0, 0.1) is 0 Å². The molecule has 2 aromatic carbocycles. The fraction of sp³-hybridized carbons (Fsp3) is 0.368. The summed E-state index contributed by atoms with van der Waals surface area (Å²) in [6.45, 7) is 3.87. The second-order valence-corrected chi connectivity index (χ2v) is 9.17. The van der Waals surface area contributed by atoms with E-state index in [0.717, 1.165) is 36.2 Å². The Morgan fingerprint density at radius 3 is 2.74 bits per heavy atom. The van der Waals surface area contributed by atoms with Gasteiger partial charge in [-0.2, -0.15) is 13.1 Å². The highest BCUT2D eigenvalue weighted by Gasteiger charge is 2.27. The summed E-state index contributed by atoms with van der Waals surface area (Å²) in [6, 6.07) is 11.2. The lowest BCUT2D eigenvalue weighted by molar-refractivity contribution is 0.295. The number of anilines is 1. The van der Waals surface area contributed by atoms with E-state index in [1.54, 1.807) is 12.1 Å². The molecule has 0 fully saturated rings. The molecule has 1 aliphatic rings. The van der Waals surface area contributed by atoms with Crippen molar-refractivity contribution in [2.24, 2.45) is 0 Å². The fourth-order valence-corrected chi connectivity index (χ4v) is 4.93. The molecule has 0 spiro atoms. The highest BCUT2D eigenvalue weighted by Crippen LogP contribution is 2.38. The summed E-state index contributed by atoms with van der Waals surface area (Å²) in [5.74, 6) is 0.0583. The number of hydrogen-bond donors (Lipinski definition) is 2. The van der Waals surface area contributed by atoms with Crippen molar-refractivity contribution in [3.63, 3.8) is 0 Å². The molecular formula is C19H23Cl2N3O2S. The van der Waals surface area contributed by atoms with Gasteiger partial charge in [0.15, 0.2) is 0 Å². The molecule has 146 valence electrons. The van der Waals surface area contributed by atoms with Crippen molar-refractivity contribution < 1.29 is 8.42 Å². The van der Waals surface area contributed by atoms with E-state index in [1.807, 2.05) is 38.2 Å². The van der Waals surface area contributed by atoms with Gasteiger partial charge in [0.1, 0.15) is 0 Å². The van der Waals surface area contributed by atoms with Crippen molar-refractivity contribution >= 4 is 39.1 Å². The smallest absolute Gasteiger partial charge is 0.299 e. The Kier molecular flexibility index (Phi) is 6.33. The third kappa shape index (κ3) is 4.95. The number of hydrogen-bond acceptors (Lipinski definition) is 3. The normalized spacial score (nSPS) is 17.6. The van der Waals surface area contributed by atoms with E-state index < -0.39 is 10.2 Å². The number of halogens is 2. The van der Waals surface area contributed by atoms with Crippen LogP contribution in [-0.4, -0.2) is 33.5 Å². The first kappa shape index (κ1) is 20.4. The minimum Gasteiger partial charge on any atom is -0.301 e. The maximum Gasteiger partial charge on any atom is 0.299 e. The predicted octanol–water partition coefficient (Wildman–Crippen LogP) is 4.23. The van der Waals surface area contributed by atoms with Crippen molar-refractivity contribution in [3.05, 3.63) is 63.1 Å². The second-order valence-electron chi connectivity index (χ2n) is 6.83. The van der Waals surface area contributed by atoms with Gasteiger partial charge in [0.2, 0.25) is 0 Å². The molecule has 1 heterocycles. The molecule has 3 rings (SSSR count). The Morgan fingerprint density at radius 1 is 1.22 bits per heavy atom. The monoisotopic (exact) mass is 427 g/mol. The fourth-order valence-electron chi connectivity index (χ4n) is 3.38. The lowest BCUT2D eigenvalue weighted by Gasteiger charge is -2.33. The molecule has 0 radical (unpaired) electrons. The molecule has 2 N–H and O–H groups in total. The van der Waals surface area contributed by atoms with Gasteiger partial charge < -0.3 is 4.90 Å². The molecule has 1 aliphatic heterocycles. The highest BCUT2D eigenvalue weighted by molar-refractivity contribution is 7.90. The number of nitrogens with zero attached hydrogens (tertiary/aromatic N) is 1. The van der Waals surface area contributed by atoms with Gasteiger partial charge in [-0.15, -0.1) is 0 Å². The first-order valence-corrected chi connectivity index (χ1v) is 11.1. The zero-order valence-corrected chi connectivity index (χ0v) is 17.6. The van der Waals surface area contributed by atoms with Gasteiger partial charge in [0, 0.05) is 35.6 Å². The maximum absolute atomic E-state index is 12.1. The number of rotatable bonds is 6. The summed E-state index contributed by atoms with van der Waals surface area (Å²) < 4.78 is 29.3. The van der Waals surface area contributed by atoms with Crippen LogP contribution in [0.15, 0.2) is 36.4 Å². The Morgan fingerprint density at radius 2 is 2.00 bits per heavy atom. The van der Waals surface area contributed by atoms with Crippen molar-refractivity contribution in [2.75, 3.05) is 24.9 Å². The number of likely N-dealkylation sites (N-methyl/N-ethyl adjacent to an activating group) is 1. The molecule has 0 bridgehead atoms. The third-order valence-corrected chi connectivity index (χ3v) is 6.22. The Labute approximate surface area is 170 Å². The van der Waals surface area contributed by atoms with Crippen LogP contribution in [0.5, 0.6) is 0 Å². The lowest BCUT2D eigenvalue weighted by Crippen LogP contribution is -2.32. The average molecular weight is 428 g/mol. The Bertz CT molecular complexity index is 935. The highest BCUT2D eigenvalue weighted by atomic mass is 35.5. The van der Waals surface area contributed by atoms with Crippen LogP contribution < -0.4 is 9.44 Å². The van der Waals surface area contributed by atoms with Crippen molar-refractivity contribution in [1.29, 1.82) is 0 Å². The van der Waals surface area contributed by atoms with Crippen molar-refractivity contribution in [3.8, 4) is 0 Å². The Hall–Kier alpha value is -1.31. The van der Waals surface area contributed by atoms with E-state index in [-0.39, 0.29) is 5.92 Å². The predicted molar refractivity (Wildman–Crippen MR) is 112 cm³/mol. The van der Waals surface area contributed by atoms with Gasteiger partial charge >= 0.3 is 0 Å². The zero-order valence-electron chi connectivity index (χ0n) is 15.3. The molecule has 5 nitrogen and oxygen atoms in total. The minimum absolute atomic E-state index is 0.0583. The molecule has 0 aromatic heterocycles. The van der Waals surface area contributed by atoms with Gasteiger partial charge in [-0.25, -0.2) is 0 Å². The summed E-state index contributed by atoms with van der Waals surface area (Å²) in [5.41, 5.74) is 3.70. The van der Waals surface area contributed by atoms with Gasteiger partial charge in [-0.1, -0.05) is 42.3 Å². The van der Waals surface area contributed by atoms with E-state index in [0.29, 0.717) is 22.3 Å². The Balaban J connectivity index is 1.94. The lowest BCUT2D eigenvalue weighted by atomic mass is 9.84.